The number of carbonyl (C=O) groups is 1. The van der Waals surface area contributed by atoms with E-state index >= 15 is 0 Å². The highest BCUT2D eigenvalue weighted by atomic mass is 32.2. The van der Waals surface area contributed by atoms with E-state index in [1.807, 2.05) is 47.9 Å². The molecule has 1 saturated heterocycles. The zero-order valence-electron chi connectivity index (χ0n) is 18.2. The fourth-order valence-electron chi connectivity index (χ4n) is 3.66. The Morgan fingerprint density at radius 2 is 1.84 bits per heavy atom. The summed E-state index contributed by atoms with van der Waals surface area (Å²) in [7, 11) is 1.61. The third kappa shape index (κ3) is 4.91. The molecule has 32 heavy (non-hydrogen) atoms. The van der Waals surface area contributed by atoms with Gasteiger partial charge < -0.3 is 14.4 Å². The molecule has 0 aliphatic carbocycles. The van der Waals surface area contributed by atoms with Crippen molar-refractivity contribution in [3.05, 3.63) is 65.6 Å². The normalized spacial score (nSPS) is 13.8. The predicted octanol–water partition coefficient (Wildman–Crippen LogP) is 4.63. The number of aromatic nitrogens is 2. The number of rotatable bonds is 7. The van der Waals surface area contributed by atoms with Gasteiger partial charge in [-0.25, -0.2) is 9.07 Å². The first-order valence-electron chi connectivity index (χ1n) is 10.6. The maximum atomic E-state index is 14.4. The van der Waals surface area contributed by atoms with E-state index in [0.717, 1.165) is 47.3 Å². The van der Waals surface area contributed by atoms with E-state index in [1.165, 1.54) is 6.07 Å². The summed E-state index contributed by atoms with van der Waals surface area (Å²) in [6.07, 6.45) is 0.821. The second-order valence-electron chi connectivity index (χ2n) is 7.50. The van der Waals surface area contributed by atoms with Crippen molar-refractivity contribution in [1.29, 1.82) is 0 Å². The molecule has 0 saturated carbocycles. The van der Waals surface area contributed by atoms with Crippen molar-refractivity contribution < 1.29 is 18.7 Å². The SMILES string of the molecule is COc1ccc(-n2nc(C)c(CCC(=O)N3CCSCC3)c2Oc2ccccc2F)cc1. The number of hydrogen-bond donors (Lipinski definition) is 0. The molecule has 2 heterocycles. The Kier molecular flexibility index (Phi) is 6.99. The van der Waals surface area contributed by atoms with E-state index in [9.17, 15) is 9.18 Å². The lowest BCUT2D eigenvalue weighted by Crippen LogP contribution is -2.38. The molecule has 2 aromatic carbocycles. The van der Waals surface area contributed by atoms with Gasteiger partial charge in [0.1, 0.15) is 5.75 Å². The summed E-state index contributed by atoms with van der Waals surface area (Å²) in [4.78, 5) is 14.6. The molecular weight excluding hydrogens is 429 g/mol. The summed E-state index contributed by atoms with van der Waals surface area (Å²) in [5.41, 5.74) is 2.30. The smallest absolute Gasteiger partial charge is 0.226 e. The number of ether oxygens (including phenoxy) is 2. The second-order valence-corrected chi connectivity index (χ2v) is 8.73. The molecule has 1 aliphatic rings. The topological polar surface area (TPSA) is 56.6 Å². The maximum Gasteiger partial charge on any atom is 0.226 e. The minimum atomic E-state index is -0.458. The molecule has 8 heteroatoms. The molecule has 0 spiro atoms. The number of thioether (sulfide) groups is 1. The lowest BCUT2D eigenvalue weighted by atomic mass is 10.1. The van der Waals surface area contributed by atoms with Gasteiger partial charge in [-0.1, -0.05) is 12.1 Å². The number of methoxy groups -OCH3 is 1. The predicted molar refractivity (Wildman–Crippen MR) is 124 cm³/mol. The Hall–Kier alpha value is -3.00. The molecule has 0 atom stereocenters. The lowest BCUT2D eigenvalue weighted by molar-refractivity contribution is -0.130. The van der Waals surface area contributed by atoms with E-state index in [2.05, 4.69) is 5.10 Å². The molecule has 4 rings (SSSR count). The third-order valence-electron chi connectivity index (χ3n) is 5.45. The second kappa shape index (κ2) is 10.1. The van der Waals surface area contributed by atoms with Crippen LogP contribution in [0, 0.1) is 12.7 Å². The number of hydrogen-bond acceptors (Lipinski definition) is 5. The van der Waals surface area contributed by atoms with E-state index < -0.39 is 5.82 Å². The molecule has 1 amide bonds. The number of benzene rings is 2. The fourth-order valence-corrected chi connectivity index (χ4v) is 4.57. The van der Waals surface area contributed by atoms with Crippen LogP contribution in [0.2, 0.25) is 0 Å². The zero-order valence-corrected chi connectivity index (χ0v) is 19.0. The van der Waals surface area contributed by atoms with Crippen LogP contribution in [0.15, 0.2) is 48.5 Å². The van der Waals surface area contributed by atoms with Crippen LogP contribution in [0.25, 0.3) is 5.69 Å². The first-order valence-corrected chi connectivity index (χ1v) is 11.7. The van der Waals surface area contributed by atoms with Gasteiger partial charge in [-0.3, -0.25) is 4.79 Å². The van der Waals surface area contributed by atoms with Crippen molar-refractivity contribution >= 4 is 17.7 Å². The third-order valence-corrected chi connectivity index (χ3v) is 6.39. The van der Waals surface area contributed by atoms with Gasteiger partial charge in [-0.2, -0.15) is 16.9 Å². The van der Waals surface area contributed by atoms with Crippen molar-refractivity contribution in [2.75, 3.05) is 31.7 Å². The van der Waals surface area contributed by atoms with E-state index in [4.69, 9.17) is 9.47 Å². The number of nitrogens with zero attached hydrogens (tertiary/aromatic N) is 3. The summed E-state index contributed by atoms with van der Waals surface area (Å²) in [6, 6.07) is 13.7. The highest BCUT2D eigenvalue weighted by Gasteiger charge is 2.23. The largest absolute Gasteiger partial charge is 0.497 e. The van der Waals surface area contributed by atoms with Crippen molar-refractivity contribution in [3.63, 3.8) is 0 Å². The van der Waals surface area contributed by atoms with Crippen LogP contribution in [0.3, 0.4) is 0 Å². The monoisotopic (exact) mass is 455 g/mol. The van der Waals surface area contributed by atoms with Gasteiger partial charge in [-0.15, -0.1) is 0 Å². The molecule has 1 aliphatic heterocycles. The van der Waals surface area contributed by atoms with Crippen LogP contribution in [0.1, 0.15) is 17.7 Å². The van der Waals surface area contributed by atoms with Crippen molar-refractivity contribution in [2.24, 2.45) is 0 Å². The quantitative estimate of drug-likeness (QED) is 0.520. The van der Waals surface area contributed by atoms with Gasteiger partial charge in [0.15, 0.2) is 11.6 Å². The van der Waals surface area contributed by atoms with Crippen molar-refractivity contribution in [1.82, 2.24) is 14.7 Å². The zero-order chi connectivity index (χ0) is 22.5. The first-order chi connectivity index (χ1) is 15.6. The van der Waals surface area contributed by atoms with Crippen LogP contribution in [-0.4, -0.2) is 52.3 Å². The van der Waals surface area contributed by atoms with Gasteiger partial charge >= 0.3 is 0 Å². The van der Waals surface area contributed by atoms with E-state index in [1.54, 1.807) is 30.0 Å². The highest BCUT2D eigenvalue weighted by molar-refractivity contribution is 7.99. The molecule has 0 bridgehead atoms. The maximum absolute atomic E-state index is 14.4. The molecular formula is C24H26FN3O3S. The van der Waals surface area contributed by atoms with Crippen molar-refractivity contribution in [3.8, 4) is 23.1 Å². The summed E-state index contributed by atoms with van der Waals surface area (Å²) < 4.78 is 27.3. The number of aryl methyl sites for hydroxylation is 1. The standard InChI is InChI=1S/C24H26FN3O3S/c1-17-20(11-12-23(29)27-13-15-32-16-14-27)24(31-22-6-4-3-5-21(22)25)28(26-17)18-7-9-19(30-2)10-8-18/h3-10H,11-16H2,1-2H3. The molecule has 0 N–H and O–H groups in total. The van der Waals surface area contributed by atoms with E-state index in [0.29, 0.717) is 18.7 Å². The Bertz CT molecular complexity index is 1080. The minimum Gasteiger partial charge on any atom is -0.497 e. The van der Waals surface area contributed by atoms with Gasteiger partial charge in [0.2, 0.25) is 11.8 Å². The van der Waals surface area contributed by atoms with Gasteiger partial charge in [0.05, 0.1) is 18.5 Å². The Balaban J connectivity index is 1.65. The molecule has 0 radical (unpaired) electrons. The minimum absolute atomic E-state index is 0.114. The molecule has 0 unspecified atom stereocenters. The average Bonchev–Trinajstić information content (AvgIpc) is 3.14. The summed E-state index contributed by atoms with van der Waals surface area (Å²) in [6.45, 7) is 3.45. The average molecular weight is 456 g/mol. The van der Waals surface area contributed by atoms with Gasteiger partial charge in [0, 0.05) is 36.6 Å². The Labute approximate surface area is 191 Å². The fraction of sp³-hybridized carbons (Fsp3) is 0.333. The van der Waals surface area contributed by atoms with Gasteiger partial charge in [0.25, 0.3) is 0 Å². The lowest BCUT2D eigenvalue weighted by Gasteiger charge is -2.26. The van der Waals surface area contributed by atoms with E-state index in [-0.39, 0.29) is 11.7 Å². The Morgan fingerprint density at radius 1 is 1.12 bits per heavy atom. The summed E-state index contributed by atoms with van der Waals surface area (Å²) in [5.74, 6) is 2.87. The molecule has 3 aromatic rings. The number of halogens is 1. The number of para-hydroxylation sites is 1. The van der Waals surface area contributed by atoms with Crippen LogP contribution >= 0.6 is 11.8 Å². The molecule has 6 nitrogen and oxygen atoms in total. The Morgan fingerprint density at radius 3 is 2.53 bits per heavy atom. The van der Waals surface area contributed by atoms with Crippen molar-refractivity contribution in [2.45, 2.75) is 19.8 Å². The number of carbonyl (C=O) groups excluding carboxylic acids is 1. The molecule has 1 fully saturated rings. The van der Waals surface area contributed by atoms with Crippen LogP contribution < -0.4 is 9.47 Å². The van der Waals surface area contributed by atoms with Gasteiger partial charge in [-0.05, 0) is 49.7 Å². The summed E-state index contributed by atoms with van der Waals surface area (Å²) >= 11 is 1.87. The van der Waals surface area contributed by atoms with Crippen LogP contribution in [-0.2, 0) is 11.2 Å². The first kappa shape index (κ1) is 22.2. The molecule has 168 valence electrons. The summed E-state index contributed by atoms with van der Waals surface area (Å²) in [5, 5.41) is 4.65. The van der Waals surface area contributed by atoms with Crippen LogP contribution in [0.4, 0.5) is 4.39 Å². The molecule has 1 aromatic heterocycles. The van der Waals surface area contributed by atoms with Crippen LogP contribution in [0.5, 0.6) is 17.4 Å². The number of amides is 1. The highest BCUT2D eigenvalue weighted by Crippen LogP contribution is 2.33.